The minimum Gasteiger partial charge on any atom is -0.356 e. The fourth-order valence-electron chi connectivity index (χ4n) is 2.01. The van der Waals surface area contributed by atoms with Crippen LogP contribution in [0.5, 0.6) is 0 Å². The van der Waals surface area contributed by atoms with Gasteiger partial charge in [-0.2, -0.15) is 0 Å². The van der Waals surface area contributed by atoms with E-state index in [1.54, 1.807) is 0 Å². The highest BCUT2D eigenvalue weighted by Gasteiger charge is 2.57. The van der Waals surface area contributed by atoms with Crippen molar-refractivity contribution in [2.24, 2.45) is 17.8 Å². The molecular formula is C7H11NO. The molecule has 1 aliphatic heterocycles. The molecule has 9 heavy (non-hydrogen) atoms. The molecule has 3 unspecified atom stereocenters. The number of carbonyl (C=O) groups excluding carboxylic acids is 1. The third-order valence-corrected chi connectivity index (χ3v) is 2.62. The maximum Gasteiger partial charge on any atom is 0.223 e. The molecule has 1 N–H and O–H groups in total. The van der Waals surface area contributed by atoms with Crippen molar-refractivity contribution in [3.05, 3.63) is 0 Å². The normalized spacial score (nSPS) is 46.3. The van der Waals surface area contributed by atoms with Gasteiger partial charge in [-0.1, -0.05) is 13.3 Å². The van der Waals surface area contributed by atoms with Crippen LogP contribution in [0.2, 0.25) is 0 Å². The summed E-state index contributed by atoms with van der Waals surface area (Å²) in [7, 11) is 0. The van der Waals surface area contributed by atoms with Gasteiger partial charge in [0, 0.05) is 12.5 Å². The molecule has 0 bridgehead atoms. The van der Waals surface area contributed by atoms with Gasteiger partial charge in [0.1, 0.15) is 0 Å². The lowest BCUT2D eigenvalue weighted by Gasteiger charge is -1.98. The Hall–Kier alpha value is -0.530. The van der Waals surface area contributed by atoms with Crippen LogP contribution in [0.25, 0.3) is 0 Å². The minimum absolute atomic E-state index is 0.298. The van der Waals surface area contributed by atoms with E-state index in [-0.39, 0.29) is 0 Å². The summed E-state index contributed by atoms with van der Waals surface area (Å²) in [6.07, 6.45) is 1.18. The predicted molar refractivity (Wildman–Crippen MR) is 33.8 cm³/mol. The second kappa shape index (κ2) is 1.49. The molecule has 0 radical (unpaired) electrons. The summed E-state index contributed by atoms with van der Waals surface area (Å²) in [6.45, 7) is 3.11. The van der Waals surface area contributed by atoms with Crippen molar-refractivity contribution in [2.45, 2.75) is 13.3 Å². The van der Waals surface area contributed by atoms with Gasteiger partial charge in [0.25, 0.3) is 0 Å². The largest absolute Gasteiger partial charge is 0.356 e. The van der Waals surface area contributed by atoms with Crippen molar-refractivity contribution in [2.75, 3.05) is 6.54 Å². The fourth-order valence-corrected chi connectivity index (χ4v) is 2.01. The van der Waals surface area contributed by atoms with E-state index in [4.69, 9.17) is 0 Å². The van der Waals surface area contributed by atoms with Crippen LogP contribution in [-0.2, 0) is 4.79 Å². The van der Waals surface area contributed by atoms with Crippen LogP contribution in [-0.4, -0.2) is 12.5 Å². The number of nitrogens with one attached hydrogen (secondary N) is 1. The summed E-state index contributed by atoms with van der Waals surface area (Å²) in [5, 5.41) is 2.84. The van der Waals surface area contributed by atoms with E-state index in [1.165, 1.54) is 6.42 Å². The van der Waals surface area contributed by atoms with Gasteiger partial charge in [-0.3, -0.25) is 4.79 Å². The molecule has 1 amide bonds. The average molecular weight is 125 g/mol. The Morgan fingerprint density at radius 2 is 2.56 bits per heavy atom. The van der Waals surface area contributed by atoms with Gasteiger partial charge >= 0.3 is 0 Å². The molecule has 2 fully saturated rings. The van der Waals surface area contributed by atoms with E-state index < -0.39 is 0 Å². The molecule has 50 valence electrons. The first kappa shape index (κ1) is 5.27. The van der Waals surface area contributed by atoms with Crippen molar-refractivity contribution in [1.82, 2.24) is 5.32 Å². The standard InChI is InChI=1S/C7H11NO/c1-2-4-5-3-8-7(9)6(4)5/h4-6H,2-3H2,1H3,(H,8,9). The van der Waals surface area contributed by atoms with Crippen molar-refractivity contribution in [3.63, 3.8) is 0 Å². The first-order valence-corrected chi connectivity index (χ1v) is 3.62. The summed E-state index contributed by atoms with van der Waals surface area (Å²) in [5.74, 6) is 2.16. The summed E-state index contributed by atoms with van der Waals surface area (Å²) >= 11 is 0. The van der Waals surface area contributed by atoms with Gasteiger partial charge in [0.05, 0.1) is 0 Å². The minimum atomic E-state index is 0.298. The fraction of sp³-hybridized carbons (Fsp3) is 0.857. The molecule has 1 saturated carbocycles. The Balaban J connectivity index is 2.06. The second-order valence-corrected chi connectivity index (χ2v) is 3.01. The van der Waals surface area contributed by atoms with Crippen LogP contribution < -0.4 is 5.32 Å². The van der Waals surface area contributed by atoms with Crippen molar-refractivity contribution < 1.29 is 4.79 Å². The van der Waals surface area contributed by atoms with Crippen molar-refractivity contribution in [1.29, 1.82) is 0 Å². The number of hydrogen-bond acceptors (Lipinski definition) is 1. The van der Waals surface area contributed by atoms with E-state index in [1.807, 2.05) is 0 Å². The highest BCUT2D eigenvalue weighted by molar-refractivity contribution is 5.85. The number of hydrogen-bond donors (Lipinski definition) is 1. The molecule has 0 aromatic rings. The smallest absolute Gasteiger partial charge is 0.223 e. The van der Waals surface area contributed by atoms with Gasteiger partial charge < -0.3 is 5.32 Å². The lowest BCUT2D eigenvalue weighted by molar-refractivity contribution is -0.121. The first-order valence-electron chi connectivity index (χ1n) is 3.62. The first-order chi connectivity index (χ1) is 4.34. The average Bonchev–Trinajstić information content (AvgIpc) is 2.46. The van der Waals surface area contributed by atoms with Gasteiger partial charge in [-0.25, -0.2) is 0 Å². The van der Waals surface area contributed by atoms with Crippen LogP contribution in [0.1, 0.15) is 13.3 Å². The van der Waals surface area contributed by atoms with E-state index in [0.717, 1.165) is 12.5 Å². The molecule has 2 rings (SSSR count). The lowest BCUT2D eigenvalue weighted by Crippen LogP contribution is -2.21. The van der Waals surface area contributed by atoms with Crippen molar-refractivity contribution in [3.8, 4) is 0 Å². The summed E-state index contributed by atoms with van der Waals surface area (Å²) in [4.78, 5) is 10.9. The zero-order chi connectivity index (χ0) is 6.43. The summed E-state index contributed by atoms with van der Waals surface area (Å²) < 4.78 is 0. The zero-order valence-electron chi connectivity index (χ0n) is 5.55. The molecule has 2 nitrogen and oxygen atoms in total. The Labute approximate surface area is 54.6 Å². The third-order valence-electron chi connectivity index (χ3n) is 2.62. The quantitative estimate of drug-likeness (QED) is 0.539. The Morgan fingerprint density at radius 1 is 1.78 bits per heavy atom. The molecule has 1 aliphatic carbocycles. The van der Waals surface area contributed by atoms with Crippen LogP contribution in [0.4, 0.5) is 0 Å². The second-order valence-electron chi connectivity index (χ2n) is 3.01. The van der Waals surface area contributed by atoms with E-state index in [2.05, 4.69) is 12.2 Å². The SMILES string of the molecule is CCC1C2CNC(=O)C12. The third kappa shape index (κ3) is 0.533. The number of fused-ring (bicyclic) bond motifs is 1. The summed E-state index contributed by atoms with van der Waals surface area (Å²) in [5.41, 5.74) is 0. The molecule has 1 heterocycles. The maximum atomic E-state index is 10.9. The molecule has 1 saturated heterocycles. The molecule has 2 heteroatoms. The number of carbonyl (C=O) groups is 1. The predicted octanol–water partition coefficient (Wildman–Crippen LogP) is 0.388. The maximum absolute atomic E-state index is 10.9. The molecular weight excluding hydrogens is 114 g/mol. The molecule has 0 aromatic heterocycles. The molecule has 3 atom stereocenters. The zero-order valence-corrected chi connectivity index (χ0v) is 5.55. The van der Waals surface area contributed by atoms with Crippen LogP contribution in [0.3, 0.4) is 0 Å². The van der Waals surface area contributed by atoms with Crippen LogP contribution in [0.15, 0.2) is 0 Å². The Morgan fingerprint density at radius 3 is 2.89 bits per heavy atom. The monoisotopic (exact) mass is 125 g/mol. The van der Waals surface area contributed by atoms with Crippen LogP contribution in [0, 0.1) is 17.8 Å². The highest BCUT2D eigenvalue weighted by atomic mass is 16.2. The lowest BCUT2D eigenvalue weighted by atomic mass is 10.2. The van der Waals surface area contributed by atoms with Gasteiger partial charge in [0.2, 0.25) is 5.91 Å². The van der Waals surface area contributed by atoms with E-state index >= 15 is 0 Å². The van der Waals surface area contributed by atoms with Gasteiger partial charge in [-0.15, -0.1) is 0 Å². The number of amides is 1. The molecule has 2 aliphatic rings. The Bertz CT molecular complexity index is 151. The van der Waals surface area contributed by atoms with E-state index in [9.17, 15) is 4.79 Å². The van der Waals surface area contributed by atoms with Gasteiger partial charge in [-0.05, 0) is 11.8 Å². The van der Waals surface area contributed by atoms with Crippen LogP contribution >= 0.6 is 0 Å². The Kier molecular flexibility index (Phi) is 0.875. The topological polar surface area (TPSA) is 29.1 Å². The van der Waals surface area contributed by atoms with Gasteiger partial charge in [0.15, 0.2) is 0 Å². The number of rotatable bonds is 1. The number of piperidine rings is 1. The molecule has 0 aromatic carbocycles. The van der Waals surface area contributed by atoms with E-state index in [0.29, 0.717) is 17.7 Å². The molecule has 0 spiro atoms. The highest BCUT2D eigenvalue weighted by Crippen LogP contribution is 2.51. The van der Waals surface area contributed by atoms with Crippen molar-refractivity contribution >= 4 is 5.91 Å². The summed E-state index contributed by atoms with van der Waals surface area (Å²) in [6, 6.07) is 0.